The highest BCUT2D eigenvalue weighted by Gasteiger charge is 2.38. The first kappa shape index (κ1) is 26.6. The van der Waals surface area contributed by atoms with Crippen molar-refractivity contribution in [3.63, 3.8) is 0 Å². The third kappa shape index (κ3) is 6.53. The summed E-state index contributed by atoms with van der Waals surface area (Å²) in [4.78, 5) is 32.5. The highest BCUT2D eigenvalue weighted by atomic mass is 16.2. The molecular formula is C30H43N7O. The Balaban J connectivity index is 1.16. The van der Waals surface area contributed by atoms with E-state index in [1.165, 1.54) is 38.0 Å². The van der Waals surface area contributed by atoms with Crippen LogP contribution in [0.1, 0.15) is 67.1 Å². The van der Waals surface area contributed by atoms with E-state index in [1.54, 1.807) is 6.20 Å². The van der Waals surface area contributed by atoms with Gasteiger partial charge in [0.05, 0.1) is 13.1 Å². The Kier molecular flexibility index (Phi) is 8.29. The van der Waals surface area contributed by atoms with E-state index in [4.69, 9.17) is 0 Å². The van der Waals surface area contributed by atoms with Crippen LogP contribution in [-0.4, -0.2) is 72.8 Å². The number of benzene rings is 1. The van der Waals surface area contributed by atoms with Crippen LogP contribution < -0.4 is 0 Å². The first-order valence-electron chi connectivity index (χ1n) is 14.2. The van der Waals surface area contributed by atoms with Crippen LogP contribution in [0.3, 0.4) is 0 Å². The van der Waals surface area contributed by atoms with Gasteiger partial charge in [-0.25, -0.2) is 9.97 Å². The molecule has 1 spiro atoms. The Morgan fingerprint density at radius 2 is 1.68 bits per heavy atom. The summed E-state index contributed by atoms with van der Waals surface area (Å²) in [7, 11) is 2.02. The van der Waals surface area contributed by atoms with Crippen LogP contribution in [-0.2, 0) is 26.7 Å². The van der Waals surface area contributed by atoms with Gasteiger partial charge in [0.25, 0.3) is 5.91 Å². The number of amides is 1. The van der Waals surface area contributed by atoms with Crippen LogP contribution in [0.15, 0.2) is 49.1 Å². The zero-order valence-corrected chi connectivity index (χ0v) is 23.3. The lowest BCUT2D eigenvalue weighted by Gasteiger charge is -2.47. The zero-order chi connectivity index (χ0) is 26.5. The van der Waals surface area contributed by atoms with E-state index in [1.807, 2.05) is 37.8 Å². The minimum absolute atomic E-state index is 0.170. The van der Waals surface area contributed by atoms with Crippen LogP contribution in [0.5, 0.6) is 0 Å². The molecule has 2 aliphatic rings. The summed E-state index contributed by atoms with van der Waals surface area (Å²) < 4.78 is 2.05. The fourth-order valence-electron chi connectivity index (χ4n) is 6.12. The molecule has 0 bridgehead atoms. The number of likely N-dealkylation sites (tertiary alicyclic amines) is 2. The van der Waals surface area contributed by atoms with Gasteiger partial charge in [-0.05, 0) is 67.8 Å². The quantitative estimate of drug-likeness (QED) is 0.458. The second-order valence-corrected chi connectivity index (χ2v) is 11.8. The van der Waals surface area contributed by atoms with Crippen molar-refractivity contribution in [1.29, 1.82) is 0 Å². The molecule has 1 aromatic carbocycles. The monoisotopic (exact) mass is 517 g/mol. The lowest BCUT2D eigenvalue weighted by Crippen LogP contribution is -2.48. The predicted molar refractivity (Wildman–Crippen MR) is 149 cm³/mol. The molecule has 2 fully saturated rings. The molecule has 3 aromatic rings. The van der Waals surface area contributed by atoms with E-state index in [9.17, 15) is 4.79 Å². The third-order valence-electron chi connectivity index (χ3n) is 8.47. The maximum atomic E-state index is 13.3. The molecule has 0 radical (unpaired) electrons. The van der Waals surface area contributed by atoms with E-state index < -0.39 is 0 Å². The van der Waals surface area contributed by atoms with E-state index in [0.29, 0.717) is 12.0 Å². The zero-order valence-electron chi connectivity index (χ0n) is 23.3. The highest BCUT2D eigenvalue weighted by Crippen LogP contribution is 2.41. The van der Waals surface area contributed by atoms with Gasteiger partial charge in [0.15, 0.2) is 0 Å². The summed E-state index contributed by atoms with van der Waals surface area (Å²) in [5.74, 6) is 2.84. The molecule has 8 nitrogen and oxygen atoms in total. The summed E-state index contributed by atoms with van der Waals surface area (Å²) in [6, 6.07) is 8.18. The van der Waals surface area contributed by atoms with E-state index in [0.717, 1.165) is 62.2 Å². The van der Waals surface area contributed by atoms with E-state index in [-0.39, 0.29) is 5.91 Å². The van der Waals surface area contributed by atoms with Crippen molar-refractivity contribution in [2.45, 2.75) is 59.2 Å². The second-order valence-electron chi connectivity index (χ2n) is 11.8. The number of aryl methyl sites for hydroxylation is 1. The number of hydrogen-bond donors (Lipinski definition) is 1. The molecular weight excluding hydrogens is 474 g/mol. The van der Waals surface area contributed by atoms with E-state index in [2.05, 4.69) is 60.2 Å². The van der Waals surface area contributed by atoms with Crippen molar-refractivity contribution in [1.82, 2.24) is 34.2 Å². The number of aromatic amines is 1. The third-order valence-corrected chi connectivity index (χ3v) is 8.47. The van der Waals surface area contributed by atoms with Crippen molar-refractivity contribution in [3.8, 4) is 0 Å². The summed E-state index contributed by atoms with van der Waals surface area (Å²) in [5.41, 5.74) is 2.41. The van der Waals surface area contributed by atoms with Crippen LogP contribution in [0.2, 0.25) is 0 Å². The Bertz CT molecular complexity index is 1150. The summed E-state index contributed by atoms with van der Waals surface area (Å²) in [6.07, 6.45) is 12.3. The molecule has 38 heavy (non-hydrogen) atoms. The summed E-state index contributed by atoms with van der Waals surface area (Å²) in [5, 5.41) is 0. The number of piperidine rings is 2. The number of aromatic nitrogens is 4. The number of imidazole rings is 2. The number of carbonyl (C=O) groups excluding carboxylic acids is 1. The van der Waals surface area contributed by atoms with Gasteiger partial charge in [-0.15, -0.1) is 0 Å². The van der Waals surface area contributed by atoms with Gasteiger partial charge >= 0.3 is 0 Å². The minimum Gasteiger partial charge on any atom is -0.348 e. The smallest absolute Gasteiger partial charge is 0.253 e. The van der Waals surface area contributed by atoms with Gasteiger partial charge in [0.2, 0.25) is 0 Å². The molecule has 1 amide bonds. The van der Waals surface area contributed by atoms with Crippen molar-refractivity contribution >= 4 is 5.91 Å². The summed E-state index contributed by atoms with van der Waals surface area (Å²) >= 11 is 0. The molecule has 2 aromatic heterocycles. The van der Waals surface area contributed by atoms with Crippen LogP contribution in [0.25, 0.3) is 0 Å². The van der Waals surface area contributed by atoms with Gasteiger partial charge in [0, 0.05) is 63.6 Å². The Morgan fingerprint density at radius 1 is 0.974 bits per heavy atom. The molecule has 2 saturated heterocycles. The fourth-order valence-corrected chi connectivity index (χ4v) is 6.12. The van der Waals surface area contributed by atoms with Crippen LogP contribution in [0, 0.1) is 11.3 Å². The lowest BCUT2D eigenvalue weighted by atomic mass is 9.71. The van der Waals surface area contributed by atoms with Crippen LogP contribution in [0.4, 0.5) is 0 Å². The number of nitrogens with zero attached hydrogens (tertiary/aromatic N) is 6. The summed E-state index contributed by atoms with van der Waals surface area (Å²) in [6.45, 7) is 12.2. The van der Waals surface area contributed by atoms with Crippen molar-refractivity contribution in [3.05, 3.63) is 71.8 Å². The maximum absolute atomic E-state index is 13.3. The molecule has 4 heterocycles. The Labute approximate surface area is 227 Å². The molecule has 204 valence electrons. The first-order chi connectivity index (χ1) is 18.4. The van der Waals surface area contributed by atoms with Gasteiger partial charge in [-0.2, -0.15) is 0 Å². The highest BCUT2D eigenvalue weighted by molar-refractivity contribution is 5.94. The number of nitrogens with one attached hydrogen (secondary N) is 1. The number of H-pyrrole nitrogens is 1. The number of hydrogen-bond acceptors (Lipinski definition) is 5. The van der Waals surface area contributed by atoms with Gasteiger partial charge in [-0.1, -0.05) is 26.0 Å². The SMILES string of the molecule is CC(C)CN1CCC2(CC1)CCN(C(=O)c1ccc(CN(Cc3ncc[nH]3)Cc3nccn3C)cc1)CC2. The molecule has 0 atom stereocenters. The van der Waals surface area contributed by atoms with Gasteiger partial charge in [0.1, 0.15) is 11.6 Å². The number of carbonyl (C=O) groups is 1. The Hall–Kier alpha value is -2.97. The molecule has 0 saturated carbocycles. The molecule has 0 aliphatic carbocycles. The molecule has 5 rings (SSSR count). The van der Waals surface area contributed by atoms with Crippen molar-refractivity contribution in [2.24, 2.45) is 18.4 Å². The second kappa shape index (κ2) is 11.8. The molecule has 2 aliphatic heterocycles. The predicted octanol–water partition coefficient (Wildman–Crippen LogP) is 4.32. The maximum Gasteiger partial charge on any atom is 0.253 e. The average molecular weight is 518 g/mol. The molecule has 8 heteroatoms. The van der Waals surface area contributed by atoms with Gasteiger partial charge < -0.3 is 19.4 Å². The standard InChI is InChI=1S/C30H43N7O/c1-24(2)20-35-15-8-30(9-16-35)10-17-37(18-11-30)29(38)26-6-4-25(5-7-26)21-36(22-27-31-12-13-32-27)23-28-33-14-19-34(28)3/h4-7,12-14,19,24H,8-11,15-18,20-23H2,1-3H3,(H,31,32). The largest absolute Gasteiger partial charge is 0.348 e. The molecule has 1 N–H and O–H groups in total. The lowest BCUT2D eigenvalue weighted by molar-refractivity contribution is 0.0279. The van der Waals surface area contributed by atoms with Crippen molar-refractivity contribution in [2.75, 3.05) is 32.7 Å². The Morgan fingerprint density at radius 3 is 2.29 bits per heavy atom. The first-order valence-corrected chi connectivity index (χ1v) is 14.2. The molecule has 0 unspecified atom stereocenters. The van der Waals surface area contributed by atoms with Crippen LogP contribution >= 0.6 is 0 Å². The topological polar surface area (TPSA) is 73.3 Å². The minimum atomic E-state index is 0.170. The van der Waals surface area contributed by atoms with Crippen molar-refractivity contribution < 1.29 is 4.79 Å². The van der Waals surface area contributed by atoms with Gasteiger partial charge in [-0.3, -0.25) is 9.69 Å². The average Bonchev–Trinajstić information content (AvgIpc) is 3.57. The fraction of sp³-hybridized carbons (Fsp3) is 0.567. The number of rotatable bonds is 9. The normalized spacial score (nSPS) is 18.1. The van der Waals surface area contributed by atoms with E-state index >= 15 is 0 Å².